The number of aromatic nitrogens is 2. The first-order valence-corrected chi connectivity index (χ1v) is 5.47. The zero-order valence-electron chi connectivity index (χ0n) is 10.4. The van der Waals surface area contributed by atoms with E-state index in [0.29, 0.717) is 0 Å². The maximum absolute atomic E-state index is 10.7. The van der Waals surface area contributed by atoms with Crippen molar-refractivity contribution in [2.75, 3.05) is 0 Å². The van der Waals surface area contributed by atoms with Gasteiger partial charge in [-0.05, 0) is 13.0 Å². The second-order valence-corrected chi connectivity index (χ2v) is 3.91. The van der Waals surface area contributed by atoms with Gasteiger partial charge < -0.3 is 15.7 Å². The standard InChI is InChI=1S/C11H11N5O4/c1-6-4-10(14-13-6)20-9-3-2-7(16(18)19)5-8(9)11(12)15-17/h2-5,17H,1H3,(H2,12,15)(H,13,14). The van der Waals surface area contributed by atoms with Gasteiger partial charge in [0.25, 0.3) is 5.69 Å². The number of non-ortho nitro benzene ring substituents is 1. The lowest BCUT2D eigenvalue weighted by Crippen LogP contribution is -2.14. The zero-order valence-corrected chi connectivity index (χ0v) is 10.4. The van der Waals surface area contributed by atoms with E-state index in [4.69, 9.17) is 15.7 Å². The minimum atomic E-state index is -0.587. The largest absolute Gasteiger partial charge is 0.437 e. The van der Waals surface area contributed by atoms with Crippen LogP contribution in [-0.2, 0) is 0 Å². The van der Waals surface area contributed by atoms with Crippen LogP contribution < -0.4 is 10.5 Å². The fourth-order valence-electron chi connectivity index (χ4n) is 1.53. The summed E-state index contributed by atoms with van der Waals surface area (Å²) in [5, 5.41) is 28.9. The molecule has 0 saturated heterocycles. The lowest BCUT2D eigenvalue weighted by atomic mass is 10.1. The molecule has 4 N–H and O–H groups in total. The number of benzene rings is 1. The first-order valence-electron chi connectivity index (χ1n) is 5.47. The molecule has 9 nitrogen and oxygen atoms in total. The van der Waals surface area contributed by atoms with Crippen molar-refractivity contribution in [2.24, 2.45) is 10.9 Å². The Labute approximate surface area is 112 Å². The van der Waals surface area contributed by atoms with Crippen molar-refractivity contribution >= 4 is 11.5 Å². The quantitative estimate of drug-likeness (QED) is 0.254. The summed E-state index contributed by atoms with van der Waals surface area (Å²) in [6.45, 7) is 1.79. The number of aromatic amines is 1. The topological polar surface area (TPSA) is 140 Å². The van der Waals surface area contributed by atoms with Crippen molar-refractivity contribution in [3.63, 3.8) is 0 Å². The Hall–Kier alpha value is -3.10. The number of nitrogens with one attached hydrogen (secondary N) is 1. The molecule has 20 heavy (non-hydrogen) atoms. The summed E-state index contributed by atoms with van der Waals surface area (Å²) < 4.78 is 5.45. The molecule has 104 valence electrons. The number of nitro benzene ring substituents is 1. The molecule has 0 aliphatic carbocycles. The van der Waals surface area contributed by atoms with Crippen LogP contribution in [0.25, 0.3) is 0 Å². The Balaban J connectivity index is 2.43. The molecule has 9 heteroatoms. The van der Waals surface area contributed by atoms with Gasteiger partial charge in [0.15, 0.2) is 5.84 Å². The first kappa shape index (κ1) is 13.3. The van der Waals surface area contributed by atoms with Crippen molar-refractivity contribution in [3.05, 3.63) is 45.6 Å². The third kappa shape index (κ3) is 2.66. The molecule has 0 amide bonds. The Kier molecular flexibility index (Phi) is 3.51. The maximum Gasteiger partial charge on any atom is 0.270 e. The number of oxime groups is 1. The molecule has 0 saturated carbocycles. The average molecular weight is 277 g/mol. The molecular weight excluding hydrogens is 266 g/mol. The highest BCUT2D eigenvalue weighted by molar-refractivity contribution is 6.00. The number of rotatable bonds is 4. The minimum Gasteiger partial charge on any atom is -0.437 e. The number of aryl methyl sites for hydroxylation is 1. The van der Waals surface area contributed by atoms with E-state index in [1.807, 2.05) is 0 Å². The van der Waals surface area contributed by atoms with Gasteiger partial charge in [-0.1, -0.05) is 5.16 Å². The number of hydrogen-bond donors (Lipinski definition) is 3. The average Bonchev–Trinajstić information content (AvgIpc) is 2.83. The lowest BCUT2D eigenvalue weighted by molar-refractivity contribution is -0.384. The van der Waals surface area contributed by atoms with E-state index in [2.05, 4.69) is 15.4 Å². The number of nitro groups is 1. The Morgan fingerprint density at radius 3 is 2.85 bits per heavy atom. The minimum absolute atomic E-state index is 0.0994. The molecule has 0 radical (unpaired) electrons. The van der Waals surface area contributed by atoms with Gasteiger partial charge in [-0.3, -0.25) is 15.2 Å². The van der Waals surface area contributed by atoms with Crippen molar-refractivity contribution in [2.45, 2.75) is 6.92 Å². The van der Waals surface area contributed by atoms with E-state index in [9.17, 15) is 10.1 Å². The molecule has 0 unspecified atom stereocenters. The number of nitrogens with two attached hydrogens (primary N) is 1. The molecule has 0 atom stereocenters. The summed E-state index contributed by atoms with van der Waals surface area (Å²) in [5.74, 6) is 0.164. The highest BCUT2D eigenvalue weighted by Gasteiger charge is 2.16. The maximum atomic E-state index is 10.7. The highest BCUT2D eigenvalue weighted by Crippen LogP contribution is 2.28. The predicted molar refractivity (Wildman–Crippen MR) is 69.0 cm³/mol. The normalized spacial score (nSPS) is 11.3. The number of amidine groups is 1. The van der Waals surface area contributed by atoms with E-state index < -0.39 is 4.92 Å². The number of nitrogens with zero attached hydrogens (tertiary/aromatic N) is 3. The molecule has 0 spiro atoms. The number of ether oxygens (including phenoxy) is 1. The van der Waals surface area contributed by atoms with Gasteiger partial charge >= 0.3 is 0 Å². The Morgan fingerprint density at radius 2 is 2.30 bits per heavy atom. The Bertz CT molecular complexity index is 679. The first-order chi connectivity index (χ1) is 9.51. The molecule has 2 aromatic rings. The van der Waals surface area contributed by atoms with Gasteiger partial charge in [-0.15, -0.1) is 5.10 Å². The van der Waals surface area contributed by atoms with Gasteiger partial charge in [0.2, 0.25) is 5.88 Å². The van der Waals surface area contributed by atoms with Crippen molar-refractivity contribution in [1.82, 2.24) is 10.2 Å². The SMILES string of the molecule is Cc1cc(Oc2ccc([N+](=O)[O-])cc2/C(N)=N/O)n[nH]1. The molecule has 1 aromatic carbocycles. The molecule has 0 fully saturated rings. The fraction of sp³-hybridized carbons (Fsp3) is 0.0909. The van der Waals surface area contributed by atoms with Crippen LogP contribution in [0, 0.1) is 17.0 Å². The smallest absolute Gasteiger partial charge is 0.270 e. The molecule has 0 bridgehead atoms. The second-order valence-electron chi connectivity index (χ2n) is 3.91. The third-order valence-electron chi connectivity index (χ3n) is 2.45. The monoisotopic (exact) mass is 277 g/mol. The lowest BCUT2D eigenvalue weighted by Gasteiger charge is -2.07. The molecule has 0 aliphatic rings. The van der Waals surface area contributed by atoms with Crippen LogP contribution in [0.1, 0.15) is 11.3 Å². The van der Waals surface area contributed by atoms with E-state index in [-0.39, 0.29) is 28.7 Å². The molecule has 1 aromatic heterocycles. The number of H-pyrrole nitrogens is 1. The summed E-state index contributed by atoms with van der Waals surface area (Å²) in [6, 6.07) is 5.40. The molecular formula is C11H11N5O4. The molecule has 1 heterocycles. The Morgan fingerprint density at radius 1 is 1.55 bits per heavy atom. The van der Waals surface area contributed by atoms with Crippen LogP contribution in [0.2, 0.25) is 0 Å². The van der Waals surface area contributed by atoms with Gasteiger partial charge in [0, 0.05) is 23.9 Å². The summed E-state index contributed by atoms with van der Waals surface area (Å²) in [4.78, 5) is 10.2. The summed E-state index contributed by atoms with van der Waals surface area (Å²) in [5.41, 5.74) is 6.18. The van der Waals surface area contributed by atoms with Crippen LogP contribution in [0.15, 0.2) is 29.4 Å². The molecule has 0 aliphatic heterocycles. The van der Waals surface area contributed by atoms with Crippen LogP contribution in [0.5, 0.6) is 11.6 Å². The summed E-state index contributed by atoms with van der Waals surface area (Å²) in [6.07, 6.45) is 0. The van der Waals surface area contributed by atoms with Crippen LogP contribution >= 0.6 is 0 Å². The van der Waals surface area contributed by atoms with Crippen LogP contribution in [0.3, 0.4) is 0 Å². The zero-order chi connectivity index (χ0) is 14.7. The van der Waals surface area contributed by atoms with Gasteiger partial charge in [-0.2, -0.15) is 0 Å². The van der Waals surface area contributed by atoms with Crippen molar-refractivity contribution < 1.29 is 14.9 Å². The van der Waals surface area contributed by atoms with Gasteiger partial charge in [0.1, 0.15) is 5.75 Å². The number of hydrogen-bond acceptors (Lipinski definition) is 6. The predicted octanol–water partition coefficient (Wildman–Crippen LogP) is 1.51. The summed E-state index contributed by atoms with van der Waals surface area (Å²) >= 11 is 0. The highest BCUT2D eigenvalue weighted by atomic mass is 16.6. The molecule has 2 rings (SSSR count). The third-order valence-corrected chi connectivity index (χ3v) is 2.45. The van der Waals surface area contributed by atoms with Crippen molar-refractivity contribution in [1.29, 1.82) is 0 Å². The van der Waals surface area contributed by atoms with E-state index in [1.165, 1.54) is 12.1 Å². The second kappa shape index (κ2) is 5.26. The van der Waals surface area contributed by atoms with Crippen molar-refractivity contribution in [3.8, 4) is 11.6 Å². The fourth-order valence-corrected chi connectivity index (χ4v) is 1.53. The van der Waals surface area contributed by atoms with Crippen LogP contribution in [-0.4, -0.2) is 26.2 Å². The summed E-state index contributed by atoms with van der Waals surface area (Å²) in [7, 11) is 0. The van der Waals surface area contributed by atoms with E-state index in [1.54, 1.807) is 13.0 Å². The van der Waals surface area contributed by atoms with Crippen LogP contribution in [0.4, 0.5) is 5.69 Å². The van der Waals surface area contributed by atoms with Gasteiger partial charge in [0.05, 0.1) is 10.5 Å². The van der Waals surface area contributed by atoms with E-state index in [0.717, 1.165) is 11.8 Å². The van der Waals surface area contributed by atoms with E-state index >= 15 is 0 Å². The van der Waals surface area contributed by atoms with Gasteiger partial charge in [-0.25, -0.2) is 0 Å².